The third-order valence-electron chi connectivity index (χ3n) is 9.46. The number of fused-ring (bicyclic) bond motifs is 6. The Morgan fingerprint density at radius 3 is 1.70 bits per heavy atom. The molecule has 0 N–H and O–H groups in total. The Morgan fingerprint density at radius 2 is 0.940 bits per heavy atom. The van der Waals surface area contributed by atoms with E-state index in [1.807, 2.05) is 48.7 Å². The summed E-state index contributed by atoms with van der Waals surface area (Å²) in [5, 5.41) is 3.56. The lowest BCUT2D eigenvalue weighted by Gasteiger charge is -2.12. The van der Waals surface area contributed by atoms with Gasteiger partial charge in [0, 0.05) is 40.4 Å². The number of hydrogen-bond acceptors (Lipinski definition) is 4. The summed E-state index contributed by atoms with van der Waals surface area (Å²) in [5.41, 5.74) is 13.0. The molecule has 0 saturated carbocycles. The Balaban J connectivity index is 1.18. The first-order chi connectivity index (χ1) is 24.8. The van der Waals surface area contributed by atoms with Gasteiger partial charge in [0.25, 0.3) is 0 Å². The van der Waals surface area contributed by atoms with Crippen LogP contribution in [-0.2, 0) is 0 Å². The molecule has 0 unspecified atom stereocenters. The molecule has 0 bridgehead atoms. The van der Waals surface area contributed by atoms with Gasteiger partial charge in [0.15, 0.2) is 0 Å². The molecule has 0 fully saturated rings. The largest absolute Gasteiger partial charge is 0.309 e. The number of para-hydroxylation sites is 2. The van der Waals surface area contributed by atoms with E-state index in [1.54, 1.807) is 12.4 Å². The summed E-state index contributed by atoms with van der Waals surface area (Å²) in [6.45, 7) is 0. The van der Waals surface area contributed by atoms with Gasteiger partial charge in [-0.2, -0.15) is 0 Å². The Kier molecular flexibility index (Phi) is 6.39. The molecule has 6 nitrogen and oxygen atoms in total. The molecule has 234 valence electrons. The zero-order chi connectivity index (χ0) is 33.0. The SMILES string of the molecule is c1ccc(-n2c3ccccc3c3ccc(-c4ccc5c(c4)c4ncccc4n5-c4cc(-c5ccccn5)nc(-c5ccccn5)c4)cc32)cc1. The lowest BCUT2D eigenvalue weighted by Crippen LogP contribution is -1.99. The first kappa shape index (κ1) is 28.1. The normalized spacial score (nSPS) is 11.6. The van der Waals surface area contributed by atoms with Crippen LogP contribution in [0.5, 0.6) is 0 Å². The van der Waals surface area contributed by atoms with Gasteiger partial charge in [0.2, 0.25) is 0 Å². The molecule has 10 aromatic rings. The van der Waals surface area contributed by atoms with Crippen molar-refractivity contribution in [3.8, 4) is 45.3 Å². The van der Waals surface area contributed by atoms with E-state index in [0.29, 0.717) is 0 Å². The van der Waals surface area contributed by atoms with Crippen molar-refractivity contribution in [2.45, 2.75) is 0 Å². The fourth-order valence-electron chi connectivity index (χ4n) is 7.23. The molecule has 0 aliphatic rings. The number of aromatic nitrogens is 6. The van der Waals surface area contributed by atoms with Crippen LogP contribution in [0.15, 0.2) is 170 Å². The maximum atomic E-state index is 5.01. The first-order valence-electron chi connectivity index (χ1n) is 16.6. The molecule has 0 aliphatic heterocycles. The third-order valence-corrected chi connectivity index (χ3v) is 9.46. The van der Waals surface area contributed by atoms with Gasteiger partial charge in [-0.15, -0.1) is 0 Å². The van der Waals surface area contributed by atoms with Crippen LogP contribution in [0.3, 0.4) is 0 Å². The number of hydrogen-bond donors (Lipinski definition) is 0. The Morgan fingerprint density at radius 1 is 0.340 bits per heavy atom. The minimum Gasteiger partial charge on any atom is -0.309 e. The zero-order valence-electron chi connectivity index (χ0n) is 26.8. The summed E-state index contributed by atoms with van der Waals surface area (Å²) >= 11 is 0. The summed E-state index contributed by atoms with van der Waals surface area (Å²) in [5.74, 6) is 0. The maximum absolute atomic E-state index is 5.01. The molecule has 50 heavy (non-hydrogen) atoms. The number of rotatable bonds is 5. The Bertz CT molecular complexity index is 2800. The molecular formula is C44H28N6. The summed E-state index contributed by atoms with van der Waals surface area (Å²) in [6.07, 6.45) is 5.47. The van der Waals surface area contributed by atoms with E-state index >= 15 is 0 Å². The maximum Gasteiger partial charge on any atom is 0.0963 e. The van der Waals surface area contributed by atoms with Gasteiger partial charge in [-0.25, -0.2) is 4.98 Å². The second-order valence-electron chi connectivity index (χ2n) is 12.4. The number of pyridine rings is 4. The molecule has 10 rings (SSSR count). The fourth-order valence-corrected chi connectivity index (χ4v) is 7.23. The van der Waals surface area contributed by atoms with Gasteiger partial charge in [-0.05, 0) is 96.1 Å². The predicted molar refractivity (Wildman–Crippen MR) is 203 cm³/mol. The van der Waals surface area contributed by atoms with E-state index in [0.717, 1.165) is 67.2 Å². The average molecular weight is 641 g/mol. The number of nitrogens with zero attached hydrogens (tertiary/aromatic N) is 6. The smallest absolute Gasteiger partial charge is 0.0963 e. The Hall–Kier alpha value is -6.92. The second-order valence-corrected chi connectivity index (χ2v) is 12.4. The molecule has 0 amide bonds. The molecule has 0 atom stereocenters. The topological polar surface area (TPSA) is 61.4 Å². The van der Waals surface area contributed by atoms with Gasteiger partial charge in [0.05, 0.1) is 56.0 Å². The van der Waals surface area contributed by atoms with E-state index in [2.05, 4.69) is 128 Å². The van der Waals surface area contributed by atoms with Crippen molar-refractivity contribution in [1.29, 1.82) is 0 Å². The second kappa shape index (κ2) is 11.4. The van der Waals surface area contributed by atoms with Gasteiger partial charge in [0.1, 0.15) is 0 Å². The van der Waals surface area contributed by atoms with Gasteiger partial charge in [-0.1, -0.05) is 66.7 Å². The van der Waals surface area contributed by atoms with Crippen LogP contribution < -0.4 is 0 Å². The standard InChI is InChI=1S/C44H28N6/c1-2-11-31(12-3-1)49-40-16-5-4-13-33(40)34-20-18-30(26-43(34)49)29-19-21-41-35(25-29)44-42(17-10-24-47-44)50(41)32-27-38(36-14-6-8-22-45-36)48-39(28-32)37-15-7-9-23-46-37/h1-28H. The molecule has 0 spiro atoms. The van der Waals surface area contributed by atoms with E-state index in [-0.39, 0.29) is 0 Å². The lowest BCUT2D eigenvalue weighted by molar-refractivity contribution is 1.14. The fraction of sp³-hybridized carbons (Fsp3) is 0. The molecule has 0 radical (unpaired) electrons. The molecule has 6 heteroatoms. The van der Waals surface area contributed by atoms with Crippen LogP contribution in [-0.4, -0.2) is 29.1 Å². The van der Waals surface area contributed by atoms with Crippen LogP contribution in [0.4, 0.5) is 0 Å². The number of benzene rings is 4. The van der Waals surface area contributed by atoms with Crippen LogP contribution >= 0.6 is 0 Å². The van der Waals surface area contributed by atoms with Crippen LogP contribution in [0.2, 0.25) is 0 Å². The summed E-state index contributed by atoms with van der Waals surface area (Å²) < 4.78 is 4.64. The Labute approximate surface area is 287 Å². The zero-order valence-corrected chi connectivity index (χ0v) is 26.8. The van der Waals surface area contributed by atoms with Crippen LogP contribution in [0.25, 0.3) is 89.0 Å². The van der Waals surface area contributed by atoms with Crippen molar-refractivity contribution in [3.63, 3.8) is 0 Å². The van der Waals surface area contributed by atoms with Crippen molar-refractivity contribution >= 4 is 43.7 Å². The molecule has 6 heterocycles. The van der Waals surface area contributed by atoms with Crippen molar-refractivity contribution in [3.05, 3.63) is 170 Å². The predicted octanol–water partition coefficient (Wildman–Crippen LogP) is 10.5. The van der Waals surface area contributed by atoms with Gasteiger partial charge in [-0.3, -0.25) is 15.0 Å². The monoisotopic (exact) mass is 640 g/mol. The first-order valence-corrected chi connectivity index (χ1v) is 16.6. The molecule has 4 aromatic carbocycles. The van der Waals surface area contributed by atoms with Crippen LogP contribution in [0, 0.1) is 0 Å². The minimum absolute atomic E-state index is 0.779. The summed E-state index contributed by atoms with van der Waals surface area (Å²) in [7, 11) is 0. The van der Waals surface area contributed by atoms with Crippen molar-refractivity contribution in [1.82, 2.24) is 29.1 Å². The van der Waals surface area contributed by atoms with Gasteiger partial charge >= 0.3 is 0 Å². The van der Waals surface area contributed by atoms with E-state index in [1.165, 1.54) is 21.8 Å². The highest BCUT2D eigenvalue weighted by molar-refractivity contribution is 6.11. The molecule has 0 saturated heterocycles. The summed E-state index contributed by atoms with van der Waals surface area (Å²) in [4.78, 5) is 19.2. The van der Waals surface area contributed by atoms with Crippen molar-refractivity contribution in [2.75, 3.05) is 0 Å². The lowest BCUT2D eigenvalue weighted by atomic mass is 10.0. The third kappa shape index (κ3) is 4.50. The molecule has 0 aliphatic carbocycles. The molecular weight excluding hydrogens is 613 g/mol. The highest BCUT2D eigenvalue weighted by Crippen LogP contribution is 2.38. The minimum atomic E-state index is 0.779. The van der Waals surface area contributed by atoms with E-state index in [4.69, 9.17) is 9.97 Å². The van der Waals surface area contributed by atoms with Crippen molar-refractivity contribution in [2.24, 2.45) is 0 Å². The average Bonchev–Trinajstić information content (AvgIpc) is 3.71. The quantitative estimate of drug-likeness (QED) is 0.188. The van der Waals surface area contributed by atoms with E-state index in [9.17, 15) is 0 Å². The van der Waals surface area contributed by atoms with Crippen molar-refractivity contribution < 1.29 is 0 Å². The van der Waals surface area contributed by atoms with E-state index < -0.39 is 0 Å². The van der Waals surface area contributed by atoms with Gasteiger partial charge < -0.3 is 9.13 Å². The highest BCUT2D eigenvalue weighted by atomic mass is 15.0. The summed E-state index contributed by atoms with van der Waals surface area (Å²) in [6, 6.07) is 52.9. The molecule has 6 aromatic heterocycles. The van der Waals surface area contributed by atoms with Crippen LogP contribution in [0.1, 0.15) is 0 Å². The highest BCUT2D eigenvalue weighted by Gasteiger charge is 2.18.